The SMILES string of the molecule is CCNc1cc(C)nc(COc2ccccc2[N+](=O)[O-])n1. The third-order valence-corrected chi connectivity index (χ3v) is 2.68. The maximum atomic E-state index is 10.9. The number of ether oxygens (including phenoxy) is 1. The van der Waals surface area contributed by atoms with Crippen molar-refractivity contribution < 1.29 is 9.66 Å². The number of hydrogen-bond donors (Lipinski definition) is 1. The summed E-state index contributed by atoms with van der Waals surface area (Å²) in [4.78, 5) is 19.0. The van der Waals surface area contributed by atoms with Crippen LogP contribution in [0.1, 0.15) is 18.4 Å². The highest BCUT2D eigenvalue weighted by atomic mass is 16.6. The van der Waals surface area contributed by atoms with Crippen LogP contribution in [0.3, 0.4) is 0 Å². The number of nitrogens with zero attached hydrogens (tertiary/aromatic N) is 3. The average Bonchev–Trinajstić information content (AvgIpc) is 2.45. The van der Waals surface area contributed by atoms with Gasteiger partial charge in [-0.25, -0.2) is 9.97 Å². The lowest BCUT2D eigenvalue weighted by atomic mass is 10.3. The van der Waals surface area contributed by atoms with Gasteiger partial charge in [-0.1, -0.05) is 12.1 Å². The van der Waals surface area contributed by atoms with E-state index in [1.165, 1.54) is 6.07 Å². The summed E-state index contributed by atoms with van der Waals surface area (Å²) in [5.74, 6) is 1.40. The van der Waals surface area contributed by atoms with Crippen LogP contribution in [0, 0.1) is 17.0 Å². The highest BCUT2D eigenvalue weighted by Crippen LogP contribution is 2.26. The van der Waals surface area contributed by atoms with Gasteiger partial charge < -0.3 is 10.1 Å². The highest BCUT2D eigenvalue weighted by Gasteiger charge is 2.14. The van der Waals surface area contributed by atoms with Crippen LogP contribution in [0.4, 0.5) is 11.5 Å². The van der Waals surface area contributed by atoms with Crippen molar-refractivity contribution in [3.8, 4) is 5.75 Å². The molecule has 0 amide bonds. The first-order valence-corrected chi connectivity index (χ1v) is 6.54. The molecular weight excluding hydrogens is 272 g/mol. The van der Waals surface area contributed by atoms with Crippen molar-refractivity contribution in [2.45, 2.75) is 20.5 Å². The number of para-hydroxylation sites is 2. The molecule has 0 atom stereocenters. The number of nitrogens with one attached hydrogen (secondary N) is 1. The van der Waals surface area contributed by atoms with Crippen LogP contribution in [0.15, 0.2) is 30.3 Å². The average molecular weight is 288 g/mol. The van der Waals surface area contributed by atoms with Crippen molar-refractivity contribution in [2.24, 2.45) is 0 Å². The first-order chi connectivity index (χ1) is 10.1. The quantitative estimate of drug-likeness (QED) is 0.649. The number of rotatable bonds is 6. The summed E-state index contributed by atoms with van der Waals surface area (Å²) in [6.45, 7) is 4.66. The predicted octanol–water partition coefficient (Wildman–Crippen LogP) is 2.70. The summed E-state index contributed by atoms with van der Waals surface area (Å²) in [6.07, 6.45) is 0. The molecule has 110 valence electrons. The van der Waals surface area contributed by atoms with Crippen LogP contribution in [0.25, 0.3) is 0 Å². The maximum absolute atomic E-state index is 10.9. The molecule has 0 saturated carbocycles. The molecule has 1 N–H and O–H groups in total. The predicted molar refractivity (Wildman–Crippen MR) is 78.4 cm³/mol. The van der Waals surface area contributed by atoms with Gasteiger partial charge in [0.2, 0.25) is 0 Å². The number of nitro benzene ring substituents is 1. The lowest BCUT2D eigenvalue weighted by Crippen LogP contribution is -2.07. The monoisotopic (exact) mass is 288 g/mol. The third kappa shape index (κ3) is 3.88. The van der Waals surface area contributed by atoms with E-state index in [0.29, 0.717) is 11.6 Å². The Bertz CT molecular complexity index is 646. The Morgan fingerprint density at radius 2 is 2.10 bits per heavy atom. The van der Waals surface area contributed by atoms with Gasteiger partial charge in [0.15, 0.2) is 11.6 Å². The topological polar surface area (TPSA) is 90.2 Å². The fraction of sp³-hybridized carbons (Fsp3) is 0.286. The Labute approximate surface area is 122 Å². The molecule has 0 saturated heterocycles. The molecule has 0 aliphatic rings. The number of benzene rings is 1. The minimum absolute atomic E-state index is 0.0722. The largest absolute Gasteiger partial charge is 0.479 e. The molecule has 0 radical (unpaired) electrons. The van der Waals surface area contributed by atoms with Crippen LogP contribution >= 0.6 is 0 Å². The Morgan fingerprint density at radius 3 is 2.81 bits per heavy atom. The molecule has 2 rings (SSSR count). The lowest BCUT2D eigenvalue weighted by Gasteiger charge is -2.08. The van der Waals surface area contributed by atoms with Crippen molar-refractivity contribution in [2.75, 3.05) is 11.9 Å². The van der Waals surface area contributed by atoms with Gasteiger partial charge in [-0.3, -0.25) is 10.1 Å². The van der Waals surface area contributed by atoms with Crippen molar-refractivity contribution in [3.63, 3.8) is 0 Å². The van der Waals surface area contributed by atoms with Crippen LogP contribution in [0.5, 0.6) is 5.75 Å². The van der Waals surface area contributed by atoms with E-state index < -0.39 is 4.92 Å². The van der Waals surface area contributed by atoms with Crippen molar-refractivity contribution in [1.29, 1.82) is 0 Å². The number of hydrogen-bond acceptors (Lipinski definition) is 6. The van der Waals surface area contributed by atoms with Crippen LogP contribution in [-0.4, -0.2) is 21.4 Å². The van der Waals surface area contributed by atoms with Gasteiger partial charge in [-0.15, -0.1) is 0 Å². The minimum atomic E-state index is -0.476. The van der Waals surface area contributed by atoms with Crippen molar-refractivity contribution in [3.05, 3.63) is 52.0 Å². The van der Waals surface area contributed by atoms with Crippen molar-refractivity contribution in [1.82, 2.24) is 9.97 Å². The molecule has 0 fully saturated rings. The molecular formula is C14H16N4O3. The van der Waals surface area contributed by atoms with E-state index in [1.807, 2.05) is 19.9 Å². The Kier molecular flexibility index (Phi) is 4.65. The molecule has 0 aliphatic carbocycles. The zero-order chi connectivity index (χ0) is 15.2. The van der Waals surface area contributed by atoms with Gasteiger partial charge in [-0.05, 0) is 19.9 Å². The van der Waals surface area contributed by atoms with Gasteiger partial charge in [0.25, 0.3) is 0 Å². The molecule has 7 nitrogen and oxygen atoms in total. The summed E-state index contributed by atoms with van der Waals surface area (Å²) >= 11 is 0. The summed E-state index contributed by atoms with van der Waals surface area (Å²) in [5.41, 5.74) is 0.735. The zero-order valence-corrected chi connectivity index (χ0v) is 11.9. The molecule has 1 heterocycles. The number of aromatic nitrogens is 2. The second-order valence-corrected chi connectivity index (χ2v) is 4.35. The van der Waals surface area contributed by atoms with Gasteiger partial charge in [0.05, 0.1) is 4.92 Å². The Balaban J connectivity index is 2.15. The number of anilines is 1. The van der Waals surface area contributed by atoms with E-state index in [4.69, 9.17) is 4.74 Å². The van der Waals surface area contributed by atoms with Gasteiger partial charge in [0, 0.05) is 24.4 Å². The molecule has 21 heavy (non-hydrogen) atoms. The zero-order valence-electron chi connectivity index (χ0n) is 11.9. The fourth-order valence-corrected chi connectivity index (χ4v) is 1.84. The molecule has 2 aromatic rings. The van der Waals surface area contributed by atoms with E-state index in [0.717, 1.165) is 12.2 Å². The van der Waals surface area contributed by atoms with Crippen molar-refractivity contribution >= 4 is 11.5 Å². The summed E-state index contributed by atoms with van der Waals surface area (Å²) in [7, 11) is 0. The first-order valence-electron chi connectivity index (χ1n) is 6.54. The molecule has 7 heteroatoms. The van der Waals surface area contributed by atoms with E-state index in [1.54, 1.807) is 18.2 Å². The first kappa shape index (κ1) is 14.7. The fourth-order valence-electron chi connectivity index (χ4n) is 1.84. The number of aryl methyl sites for hydroxylation is 1. The summed E-state index contributed by atoms with van der Waals surface area (Å²) < 4.78 is 5.48. The van der Waals surface area contributed by atoms with E-state index >= 15 is 0 Å². The van der Waals surface area contributed by atoms with Gasteiger partial charge in [-0.2, -0.15) is 0 Å². The third-order valence-electron chi connectivity index (χ3n) is 2.68. The van der Waals surface area contributed by atoms with E-state index in [2.05, 4.69) is 15.3 Å². The second kappa shape index (κ2) is 6.65. The van der Waals surface area contributed by atoms with Crippen LogP contribution in [0.2, 0.25) is 0 Å². The maximum Gasteiger partial charge on any atom is 0.310 e. The summed E-state index contributed by atoms with van der Waals surface area (Å²) in [5, 5.41) is 14.0. The lowest BCUT2D eigenvalue weighted by molar-refractivity contribution is -0.385. The smallest absolute Gasteiger partial charge is 0.310 e. The minimum Gasteiger partial charge on any atom is -0.479 e. The van der Waals surface area contributed by atoms with E-state index in [9.17, 15) is 10.1 Å². The normalized spacial score (nSPS) is 10.2. The molecule has 1 aromatic heterocycles. The highest BCUT2D eigenvalue weighted by molar-refractivity contribution is 5.45. The summed E-state index contributed by atoms with van der Waals surface area (Å²) in [6, 6.07) is 8.06. The van der Waals surface area contributed by atoms with Gasteiger partial charge in [0.1, 0.15) is 12.4 Å². The Morgan fingerprint density at radius 1 is 1.33 bits per heavy atom. The van der Waals surface area contributed by atoms with E-state index in [-0.39, 0.29) is 18.0 Å². The standard InChI is InChI=1S/C14H16N4O3/c1-3-15-13-8-10(2)16-14(17-13)9-21-12-7-5-4-6-11(12)18(19)20/h4-8H,3,9H2,1-2H3,(H,15,16,17). The molecule has 0 unspecified atom stereocenters. The Hall–Kier alpha value is -2.70. The van der Waals surface area contributed by atoms with Crippen LogP contribution < -0.4 is 10.1 Å². The van der Waals surface area contributed by atoms with Gasteiger partial charge >= 0.3 is 5.69 Å². The molecule has 0 aliphatic heterocycles. The second-order valence-electron chi connectivity index (χ2n) is 4.35. The van der Waals surface area contributed by atoms with Crippen LogP contribution in [-0.2, 0) is 6.61 Å². The molecule has 1 aromatic carbocycles. The molecule has 0 bridgehead atoms. The number of nitro groups is 1. The molecule has 0 spiro atoms.